The molecule has 82 valence electrons. The topological polar surface area (TPSA) is 17.1 Å². The maximum absolute atomic E-state index is 11.0. The fourth-order valence-corrected chi connectivity index (χ4v) is 2.00. The van der Waals surface area contributed by atoms with Crippen molar-refractivity contribution in [3.05, 3.63) is 35.9 Å². The van der Waals surface area contributed by atoms with Gasteiger partial charge in [0.15, 0.2) is 0 Å². The van der Waals surface area contributed by atoms with E-state index in [4.69, 9.17) is 0 Å². The SMILES string of the molecule is CC.O=C1CCC(c2ccccc2)CC1. The van der Waals surface area contributed by atoms with Crippen LogP contribution in [0.3, 0.4) is 0 Å². The first-order chi connectivity index (χ1) is 7.36. The van der Waals surface area contributed by atoms with Crippen LogP contribution in [0.5, 0.6) is 0 Å². The Balaban J connectivity index is 0.000000531. The summed E-state index contributed by atoms with van der Waals surface area (Å²) in [5.41, 5.74) is 1.40. The molecule has 0 aromatic heterocycles. The van der Waals surface area contributed by atoms with Crippen LogP contribution in [0.4, 0.5) is 0 Å². The van der Waals surface area contributed by atoms with Gasteiger partial charge in [-0.15, -0.1) is 0 Å². The highest BCUT2D eigenvalue weighted by Crippen LogP contribution is 2.30. The number of Topliss-reactive ketones (excluding diaryl/α,β-unsaturated/α-hetero) is 1. The maximum Gasteiger partial charge on any atom is 0.132 e. The zero-order valence-corrected chi connectivity index (χ0v) is 9.70. The van der Waals surface area contributed by atoms with Gasteiger partial charge >= 0.3 is 0 Å². The van der Waals surface area contributed by atoms with E-state index in [1.165, 1.54) is 5.56 Å². The molecule has 15 heavy (non-hydrogen) atoms. The van der Waals surface area contributed by atoms with Gasteiger partial charge in [0, 0.05) is 12.8 Å². The molecule has 2 rings (SSSR count). The summed E-state index contributed by atoms with van der Waals surface area (Å²) >= 11 is 0. The predicted octanol–water partition coefficient (Wildman–Crippen LogP) is 3.94. The molecule has 0 heterocycles. The van der Waals surface area contributed by atoms with Crippen molar-refractivity contribution in [3.8, 4) is 0 Å². The number of ketones is 1. The smallest absolute Gasteiger partial charge is 0.132 e. The Kier molecular flexibility index (Phi) is 5.09. The number of hydrogen-bond acceptors (Lipinski definition) is 1. The lowest BCUT2D eigenvalue weighted by atomic mass is 9.84. The molecule has 1 aliphatic rings. The average Bonchev–Trinajstić information content (AvgIpc) is 2.34. The molecule has 0 spiro atoms. The Hall–Kier alpha value is -1.11. The van der Waals surface area contributed by atoms with E-state index < -0.39 is 0 Å². The third-order valence-corrected chi connectivity index (χ3v) is 2.81. The summed E-state index contributed by atoms with van der Waals surface area (Å²) < 4.78 is 0. The van der Waals surface area contributed by atoms with Gasteiger partial charge in [0.1, 0.15) is 5.78 Å². The molecule has 0 bridgehead atoms. The lowest BCUT2D eigenvalue weighted by Crippen LogP contribution is -2.12. The zero-order valence-electron chi connectivity index (χ0n) is 9.70. The third kappa shape index (κ3) is 3.50. The molecule has 1 aliphatic carbocycles. The molecule has 1 aromatic carbocycles. The normalized spacial score (nSPS) is 16.8. The second kappa shape index (κ2) is 6.39. The average molecular weight is 204 g/mol. The second-order valence-electron chi connectivity index (χ2n) is 3.72. The molecule has 1 fully saturated rings. The van der Waals surface area contributed by atoms with E-state index in [0.717, 1.165) is 25.7 Å². The minimum atomic E-state index is 0.437. The number of benzene rings is 1. The molecule has 0 aliphatic heterocycles. The first kappa shape index (κ1) is 12.0. The molecule has 1 saturated carbocycles. The minimum absolute atomic E-state index is 0.437. The Morgan fingerprint density at radius 2 is 1.53 bits per heavy atom. The third-order valence-electron chi connectivity index (χ3n) is 2.81. The molecule has 0 radical (unpaired) electrons. The van der Waals surface area contributed by atoms with E-state index in [0.29, 0.717) is 11.7 Å². The van der Waals surface area contributed by atoms with Gasteiger partial charge < -0.3 is 0 Å². The summed E-state index contributed by atoms with van der Waals surface area (Å²) in [7, 11) is 0. The van der Waals surface area contributed by atoms with Crippen LogP contribution in [0, 0.1) is 0 Å². The summed E-state index contributed by atoms with van der Waals surface area (Å²) in [5, 5.41) is 0. The van der Waals surface area contributed by atoms with Crippen LogP contribution in [0.1, 0.15) is 51.0 Å². The van der Waals surface area contributed by atoms with Crippen LogP contribution in [-0.4, -0.2) is 5.78 Å². The van der Waals surface area contributed by atoms with Crippen LogP contribution in [0.2, 0.25) is 0 Å². The Labute approximate surface area is 92.5 Å². The molecule has 0 N–H and O–H groups in total. The van der Waals surface area contributed by atoms with Gasteiger partial charge in [-0.25, -0.2) is 0 Å². The van der Waals surface area contributed by atoms with Crippen LogP contribution in [0.15, 0.2) is 30.3 Å². The predicted molar refractivity (Wildman–Crippen MR) is 64.0 cm³/mol. The number of rotatable bonds is 1. The van der Waals surface area contributed by atoms with E-state index in [-0.39, 0.29) is 0 Å². The van der Waals surface area contributed by atoms with E-state index in [2.05, 4.69) is 24.3 Å². The van der Waals surface area contributed by atoms with E-state index in [1.54, 1.807) is 0 Å². The molecule has 0 saturated heterocycles. The van der Waals surface area contributed by atoms with Gasteiger partial charge in [-0.2, -0.15) is 0 Å². The van der Waals surface area contributed by atoms with E-state index in [9.17, 15) is 4.79 Å². The van der Waals surface area contributed by atoms with Crippen LogP contribution in [-0.2, 0) is 4.79 Å². The van der Waals surface area contributed by atoms with Gasteiger partial charge in [-0.05, 0) is 24.3 Å². The largest absolute Gasteiger partial charge is 0.300 e. The number of hydrogen-bond donors (Lipinski definition) is 0. The molecule has 1 heteroatoms. The highest BCUT2D eigenvalue weighted by Gasteiger charge is 2.19. The van der Waals surface area contributed by atoms with E-state index in [1.807, 2.05) is 19.9 Å². The molecule has 1 aromatic rings. The van der Waals surface area contributed by atoms with Crippen LogP contribution in [0.25, 0.3) is 0 Å². The summed E-state index contributed by atoms with van der Waals surface area (Å²) in [6.45, 7) is 4.00. The quantitative estimate of drug-likeness (QED) is 0.677. The maximum atomic E-state index is 11.0. The van der Waals surface area contributed by atoms with Gasteiger partial charge in [0.25, 0.3) is 0 Å². The van der Waals surface area contributed by atoms with Gasteiger partial charge in [-0.3, -0.25) is 4.79 Å². The van der Waals surface area contributed by atoms with Crippen molar-refractivity contribution >= 4 is 5.78 Å². The highest BCUT2D eigenvalue weighted by molar-refractivity contribution is 5.79. The minimum Gasteiger partial charge on any atom is -0.300 e. The van der Waals surface area contributed by atoms with Crippen molar-refractivity contribution in [2.45, 2.75) is 45.4 Å². The molecular weight excluding hydrogens is 184 g/mol. The van der Waals surface area contributed by atoms with E-state index >= 15 is 0 Å². The standard InChI is InChI=1S/C12H14O.C2H6/c13-12-8-6-11(7-9-12)10-4-2-1-3-5-10;1-2/h1-5,11H,6-9H2;1-2H3. The Morgan fingerprint density at radius 3 is 2.07 bits per heavy atom. The van der Waals surface area contributed by atoms with Crippen LogP contribution < -0.4 is 0 Å². The summed E-state index contributed by atoms with van der Waals surface area (Å²) in [6, 6.07) is 10.5. The first-order valence-electron chi connectivity index (χ1n) is 5.93. The Bertz CT molecular complexity index is 279. The van der Waals surface area contributed by atoms with Crippen molar-refractivity contribution in [1.82, 2.24) is 0 Å². The first-order valence-corrected chi connectivity index (χ1v) is 5.93. The molecule has 0 unspecified atom stereocenters. The molecule has 0 atom stereocenters. The molecule has 0 amide bonds. The number of carbonyl (C=O) groups is 1. The fraction of sp³-hybridized carbons (Fsp3) is 0.500. The second-order valence-corrected chi connectivity index (χ2v) is 3.72. The Morgan fingerprint density at radius 1 is 1.00 bits per heavy atom. The van der Waals surface area contributed by atoms with Crippen LogP contribution >= 0.6 is 0 Å². The van der Waals surface area contributed by atoms with Crippen molar-refractivity contribution in [2.75, 3.05) is 0 Å². The lowest BCUT2D eigenvalue weighted by molar-refractivity contribution is -0.120. The zero-order chi connectivity index (χ0) is 11.1. The van der Waals surface area contributed by atoms with Gasteiger partial charge in [0.2, 0.25) is 0 Å². The summed E-state index contributed by atoms with van der Waals surface area (Å²) in [4.78, 5) is 11.0. The monoisotopic (exact) mass is 204 g/mol. The van der Waals surface area contributed by atoms with Gasteiger partial charge in [0.05, 0.1) is 0 Å². The summed E-state index contributed by atoms with van der Waals surface area (Å²) in [6.07, 6.45) is 3.64. The molecule has 1 nitrogen and oxygen atoms in total. The van der Waals surface area contributed by atoms with Crippen molar-refractivity contribution in [2.24, 2.45) is 0 Å². The lowest BCUT2D eigenvalue weighted by Gasteiger charge is -2.20. The highest BCUT2D eigenvalue weighted by atomic mass is 16.1. The number of carbonyl (C=O) groups excluding carboxylic acids is 1. The fourth-order valence-electron chi connectivity index (χ4n) is 2.00. The molecular formula is C14H20O. The van der Waals surface area contributed by atoms with Crippen molar-refractivity contribution in [1.29, 1.82) is 0 Å². The van der Waals surface area contributed by atoms with Gasteiger partial charge in [-0.1, -0.05) is 44.2 Å². The summed E-state index contributed by atoms with van der Waals surface area (Å²) in [5.74, 6) is 1.06. The van der Waals surface area contributed by atoms with Crippen molar-refractivity contribution in [3.63, 3.8) is 0 Å². The van der Waals surface area contributed by atoms with Crippen molar-refractivity contribution < 1.29 is 4.79 Å².